The average molecular weight is 299 g/mol. The SMILES string of the molecule is CC(C)(C)c1ccn(-c2cccc(CN3CCOCC3)c2)n1. The predicted octanol–water partition coefficient (Wildman–Crippen LogP) is 3.00. The number of benzene rings is 1. The van der Waals surface area contributed by atoms with E-state index in [4.69, 9.17) is 9.84 Å². The van der Waals surface area contributed by atoms with Crippen LogP contribution in [0.15, 0.2) is 36.5 Å². The van der Waals surface area contributed by atoms with Crippen molar-refractivity contribution in [3.63, 3.8) is 0 Å². The second kappa shape index (κ2) is 6.23. The number of rotatable bonds is 3. The smallest absolute Gasteiger partial charge is 0.0682 e. The molecule has 0 unspecified atom stereocenters. The van der Waals surface area contributed by atoms with E-state index in [1.54, 1.807) is 0 Å². The molecule has 4 nitrogen and oxygen atoms in total. The first kappa shape index (κ1) is 15.3. The minimum absolute atomic E-state index is 0.0800. The van der Waals surface area contributed by atoms with Gasteiger partial charge >= 0.3 is 0 Å². The molecule has 0 spiro atoms. The van der Waals surface area contributed by atoms with Gasteiger partial charge in [-0.2, -0.15) is 5.10 Å². The van der Waals surface area contributed by atoms with Crippen molar-refractivity contribution in [3.8, 4) is 5.69 Å². The number of hydrogen-bond acceptors (Lipinski definition) is 3. The molecule has 2 heterocycles. The van der Waals surface area contributed by atoms with Crippen LogP contribution in [0.1, 0.15) is 32.0 Å². The van der Waals surface area contributed by atoms with Gasteiger partial charge in [0.25, 0.3) is 0 Å². The fourth-order valence-electron chi connectivity index (χ4n) is 2.68. The van der Waals surface area contributed by atoms with Gasteiger partial charge in [-0.05, 0) is 23.8 Å². The summed E-state index contributed by atoms with van der Waals surface area (Å²) in [7, 11) is 0. The Morgan fingerprint density at radius 1 is 1.14 bits per heavy atom. The van der Waals surface area contributed by atoms with Crippen LogP contribution in [-0.2, 0) is 16.7 Å². The highest BCUT2D eigenvalue weighted by molar-refractivity contribution is 5.35. The van der Waals surface area contributed by atoms with Gasteiger partial charge in [0.15, 0.2) is 0 Å². The zero-order valence-electron chi connectivity index (χ0n) is 13.7. The number of ether oxygens (including phenoxy) is 1. The summed E-state index contributed by atoms with van der Waals surface area (Å²) in [4.78, 5) is 2.44. The van der Waals surface area contributed by atoms with E-state index in [0.29, 0.717) is 0 Å². The Labute approximate surface area is 132 Å². The Kier molecular flexibility index (Phi) is 4.32. The minimum atomic E-state index is 0.0800. The van der Waals surface area contributed by atoms with Crippen molar-refractivity contribution >= 4 is 0 Å². The molecule has 1 saturated heterocycles. The van der Waals surface area contributed by atoms with Crippen molar-refractivity contribution in [2.45, 2.75) is 32.7 Å². The molecule has 1 aliphatic rings. The average Bonchev–Trinajstić information content (AvgIpc) is 2.99. The van der Waals surface area contributed by atoms with Crippen LogP contribution < -0.4 is 0 Å². The maximum Gasteiger partial charge on any atom is 0.0682 e. The zero-order chi connectivity index (χ0) is 15.6. The first-order valence-corrected chi connectivity index (χ1v) is 7.98. The molecule has 0 aliphatic carbocycles. The number of morpholine rings is 1. The van der Waals surface area contributed by atoms with E-state index < -0.39 is 0 Å². The summed E-state index contributed by atoms with van der Waals surface area (Å²) in [6.45, 7) is 11.3. The Balaban J connectivity index is 1.77. The first-order valence-electron chi connectivity index (χ1n) is 7.98. The molecule has 0 atom stereocenters. The molecule has 4 heteroatoms. The van der Waals surface area contributed by atoms with E-state index in [0.717, 1.165) is 44.2 Å². The molecule has 22 heavy (non-hydrogen) atoms. The predicted molar refractivity (Wildman–Crippen MR) is 88.4 cm³/mol. The quantitative estimate of drug-likeness (QED) is 0.873. The maximum absolute atomic E-state index is 5.41. The van der Waals surface area contributed by atoms with Gasteiger partial charge in [-0.25, -0.2) is 4.68 Å². The summed E-state index contributed by atoms with van der Waals surface area (Å²) in [6.07, 6.45) is 2.05. The molecule has 1 fully saturated rings. The lowest BCUT2D eigenvalue weighted by molar-refractivity contribution is 0.0342. The molecule has 0 bridgehead atoms. The van der Waals surface area contributed by atoms with Gasteiger partial charge in [0.2, 0.25) is 0 Å². The molecule has 0 amide bonds. The molecule has 1 aromatic heterocycles. The molecule has 0 saturated carbocycles. The van der Waals surface area contributed by atoms with E-state index in [1.807, 2.05) is 4.68 Å². The molecule has 0 N–H and O–H groups in total. The van der Waals surface area contributed by atoms with Gasteiger partial charge in [0.1, 0.15) is 0 Å². The van der Waals surface area contributed by atoms with Crippen LogP contribution in [0.2, 0.25) is 0 Å². The van der Waals surface area contributed by atoms with Crippen LogP contribution in [0.5, 0.6) is 0 Å². The lowest BCUT2D eigenvalue weighted by atomic mass is 9.93. The number of nitrogens with zero attached hydrogens (tertiary/aromatic N) is 3. The summed E-state index contributed by atoms with van der Waals surface area (Å²) in [6, 6.07) is 10.8. The van der Waals surface area contributed by atoms with Crippen molar-refractivity contribution in [1.29, 1.82) is 0 Å². The first-order chi connectivity index (χ1) is 10.5. The van der Waals surface area contributed by atoms with Crippen molar-refractivity contribution in [1.82, 2.24) is 14.7 Å². The van der Waals surface area contributed by atoms with Gasteiger partial charge in [0, 0.05) is 31.2 Å². The third kappa shape index (κ3) is 3.57. The molecule has 118 valence electrons. The highest BCUT2D eigenvalue weighted by Gasteiger charge is 2.17. The molecular weight excluding hydrogens is 274 g/mol. The van der Waals surface area contributed by atoms with E-state index in [2.05, 4.69) is 62.2 Å². The second-order valence-electron chi connectivity index (χ2n) is 6.95. The van der Waals surface area contributed by atoms with Crippen LogP contribution >= 0.6 is 0 Å². The van der Waals surface area contributed by atoms with Crippen molar-refractivity contribution in [2.75, 3.05) is 26.3 Å². The van der Waals surface area contributed by atoms with Crippen molar-refractivity contribution in [2.24, 2.45) is 0 Å². The standard InChI is InChI=1S/C18H25N3O/c1-18(2,3)17-7-8-21(19-17)16-6-4-5-15(13-16)14-20-9-11-22-12-10-20/h4-8,13H,9-12,14H2,1-3H3. The Morgan fingerprint density at radius 3 is 2.59 bits per heavy atom. The summed E-state index contributed by atoms with van der Waals surface area (Å²) in [5.74, 6) is 0. The van der Waals surface area contributed by atoms with Crippen LogP contribution in [0.3, 0.4) is 0 Å². The normalized spacial score (nSPS) is 16.9. The third-order valence-electron chi connectivity index (χ3n) is 4.04. The fraction of sp³-hybridized carbons (Fsp3) is 0.500. The third-order valence-corrected chi connectivity index (χ3v) is 4.04. The fourth-order valence-corrected chi connectivity index (χ4v) is 2.68. The van der Waals surface area contributed by atoms with Crippen LogP contribution in [-0.4, -0.2) is 41.0 Å². The van der Waals surface area contributed by atoms with Crippen molar-refractivity contribution < 1.29 is 4.74 Å². The zero-order valence-corrected chi connectivity index (χ0v) is 13.7. The summed E-state index contributed by atoms with van der Waals surface area (Å²) in [5, 5.41) is 4.72. The highest BCUT2D eigenvalue weighted by Crippen LogP contribution is 2.21. The minimum Gasteiger partial charge on any atom is -0.379 e. The summed E-state index contributed by atoms with van der Waals surface area (Å²) < 4.78 is 7.38. The second-order valence-corrected chi connectivity index (χ2v) is 6.95. The van der Waals surface area contributed by atoms with Gasteiger partial charge < -0.3 is 4.74 Å². The molecular formula is C18H25N3O. The van der Waals surface area contributed by atoms with Crippen LogP contribution in [0.4, 0.5) is 0 Å². The van der Waals surface area contributed by atoms with Gasteiger partial charge in [-0.15, -0.1) is 0 Å². The van der Waals surface area contributed by atoms with E-state index >= 15 is 0 Å². The topological polar surface area (TPSA) is 30.3 Å². The molecule has 1 aromatic carbocycles. The molecule has 1 aliphatic heterocycles. The van der Waals surface area contributed by atoms with Gasteiger partial charge in [-0.1, -0.05) is 32.9 Å². The van der Waals surface area contributed by atoms with E-state index in [-0.39, 0.29) is 5.41 Å². The Morgan fingerprint density at radius 2 is 1.91 bits per heavy atom. The van der Waals surface area contributed by atoms with Crippen LogP contribution in [0, 0.1) is 0 Å². The Hall–Kier alpha value is -1.65. The van der Waals surface area contributed by atoms with Gasteiger partial charge in [-0.3, -0.25) is 4.90 Å². The monoisotopic (exact) mass is 299 g/mol. The lowest BCUT2D eigenvalue weighted by Crippen LogP contribution is -2.35. The van der Waals surface area contributed by atoms with Crippen molar-refractivity contribution in [3.05, 3.63) is 47.8 Å². The molecule has 2 aromatic rings. The summed E-state index contributed by atoms with van der Waals surface area (Å²) in [5.41, 5.74) is 3.65. The Bertz CT molecular complexity index is 621. The van der Waals surface area contributed by atoms with E-state index in [1.165, 1.54) is 5.56 Å². The molecule has 0 radical (unpaired) electrons. The number of hydrogen-bond donors (Lipinski definition) is 0. The largest absolute Gasteiger partial charge is 0.379 e. The maximum atomic E-state index is 5.41. The van der Waals surface area contributed by atoms with E-state index in [9.17, 15) is 0 Å². The highest BCUT2D eigenvalue weighted by atomic mass is 16.5. The number of aromatic nitrogens is 2. The summed E-state index contributed by atoms with van der Waals surface area (Å²) >= 11 is 0. The molecule has 3 rings (SSSR count). The van der Waals surface area contributed by atoms with Crippen LogP contribution in [0.25, 0.3) is 5.69 Å². The lowest BCUT2D eigenvalue weighted by Gasteiger charge is -2.26. The van der Waals surface area contributed by atoms with Gasteiger partial charge in [0.05, 0.1) is 24.6 Å².